The highest BCUT2D eigenvalue weighted by Gasteiger charge is 2.05. The number of hydrogen-bond donors (Lipinski definition) is 2. The van der Waals surface area contributed by atoms with E-state index in [0.29, 0.717) is 11.6 Å². The maximum Gasteiger partial charge on any atom is 0.134 e. The second-order valence-electron chi connectivity index (χ2n) is 6.26. The van der Waals surface area contributed by atoms with E-state index >= 15 is 0 Å². The summed E-state index contributed by atoms with van der Waals surface area (Å²) in [6.07, 6.45) is 1.94. The molecule has 2 aromatic carbocycles. The van der Waals surface area contributed by atoms with Crippen LogP contribution in [0.4, 0.5) is 0 Å². The highest BCUT2D eigenvalue weighted by molar-refractivity contribution is 6.30. The number of benzene rings is 2. The summed E-state index contributed by atoms with van der Waals surface area (Å²) in [5.41, 5.74) is 3.12. The third-order valence-corrected chi connectivity index (χ3v) is 4.51. The molecule has 132 valence electrons. The van der Waals surface area contributed by atoms with Crippen LogP contribution in [0.1, 0.15) is 18.0 Å². The van der Waals surface area contributed by atoms with E-state index in [4.69, 9.17) is 16.0 Å². The van der Waals surface area contributed by atoms with Gasteiger partial charge in [0, 0.05) is 17.0 Å². The van der Waals surface area contributed by atoms with Crippen molar-refractivity contribution < 1.29 is 4.42 Å². The standard InChI is InChI=1S/C21H20ClN3O/c22-16-6-3-5-15(13-16)20-11-10-17(26-20)14-23-12-4-9-21-24-18-7-1-2-8-19(18)25-21/h1-3,5-8,10-11,13,23H,4,9,12,14H2,(H,24,25). The van der Waals surface area contributed by atoms with E-state index in [9.17, 15) is 0 Å². The number of aromatic amines is 1. The summed E-state index contributed by atoms with van der Waals surface area (Å²) in [7, 11) is 0. The van der Waals surface area contributed by atoms with E-state index in [0.717, 1.165) is 53.3 Å². The van der Waals surface area contributed by atoms with Gasteiger partial charge in [-0.15, -0.1) is 0 Å². The highest BCUT2D eigenvalue weighted by atomic mass is 35.5. The maximum atomic E-state index is 6.03. The second kappa shape index (κ2) is 7.77. The largest absolute Gasteiger partial charge is 0.460 e. The van der Waals surface area contributed by atoms with E-state index in [1.54, 1.807) is 0 Å². The summed E-state index contributed by atoms with van der Waals surface area (Å²) in [5, 5.41) is 4.13. The number of halogens is 1. The van der Waals surface area contributed by atoms with E-state index in [-0.39, 0.29) is 0 Å². The lowest BCUT2D eigenvalue weighted by Gasteiger charge is -2.02. The zero-order valence-corrected chi connectivity index (χ0v) is 15.1. The van der Waals surface area contributed by atoms with Crippen LogP contribution in [0.25, 0.3) is 22.4 Å². The van der Waals surface area contributed by atoms with Gasteiger partial charge in [-0.05, 0) is 49.4 Å². The molecule has 0 amide bonds. The Morgan fingerprint density at radius 3 is 2.85 bits per heavy atom. The number of imidazole rings is 1. The molecule has 0 aliphatic heterocycles. The average molecular weight is 366 g/mol. The first-order chi connectivity index (χ1) is 12.8. The predicted molar refractivity (Wildman–Crippen MR) is 105 cm³/mol. The third-order valence-electron chi connectivity index (χ3n) is 4.28. The summed E-state index contributed by atoms with van der Waals surface area (Å²) in [5.74, 6) is 2.80. The molecule has 26 heavy (non-hydrogen) atoms. The van der Waals surface area contributed by atoms with Crippen LogP contribution in [0.2, 0.25) is 5.02 Å². The third kappa shape index (κ3) is 3.98. The van der Waals surface area contributed by atoms with Crippen molar-refractivity contribution in [2.24, 2.45) is 0 Å². The maximum absolute atomic E-state index is 6.03. The first kappa shape index (κ1) is 16.9. The molecule has 4 rings (SSSR count). The Hall–Kier alpha value is -2.56. The Kier molecular flexibility index (Phi) is 5.04. The molecule has 0 radical (unpaired) electrons. The van der Waals surface area contributed by atoms with Crippen molar-refractivity contribution in [3.63, 3.8) is 0 Å². The van der Waals surface area contributed by atoms with Gasteiger partial charge in [-0.25, -0.2) is 4.98 Å². The van der Waals surface area contributed by atoms with Crippen molar-refractivity contribution in [2.75, 3.05) is 6.54 Å². The molecule has 2 heterocycles. The number of nitrogens with one attached hydrogen (secondary N) is 2. The summed E-state index contributed by atoms with van der Waals surface area (Å²) in [6.45, 7) is 1.62. The molecule has 0 spiro atoms. The normalized spacial score (nSPS) is 11.3. The SMILES string of the molecule is Clc1cccc(-c2ccc(CNCCCc3nc4ccccc4[nH]3)o2)c1. The van der Waals surface area contributed by atoms with Gasteiger partial charge < -0.3 is 14.7 Å². The fraction of sp³-hybridized carbons (Fsp3) is 0.190. The molecule has 0 atom stereocenters. The van der Waals surface area contributed by atoms with Crippen LogP contribution in [0.15, 0.2) is 65.1 Å². The number of furan rings is 1. The molecule has 4 nitrogen and oxygen atoms in total. The van der Waals surface area contributed by atoms with Gasteiger partial charge in [-0.3, -0.25) is 0 Å². The Morgan fingerprint density at radius 2 is 1.96 bits per heavy atom. The average Bonchev–Trinajstić information content (AvgIpc) is 3.28. The Morgan fingerprint density at radius 1 is 1.04 bits per heavy atom. The van der Waals surface area contributed by atoms with Crippen LogP contribution in [-0.2, 0) is 13.0 Å². The van der Waals surface area contributed by atoms with Crippen LogP contribution in [0.5, 0.6) is 0 Å². The number of hydrogen-bond acceptors (Lipinski definition) is 3. The van der Waals surface area contributed by atoms with Crippen molar-refractivity contribution in [1.29, 1.82) is 0 Å². The fourth-order valence-corrected chi connectivity index (χ4v) is 3.18. The van der Waals surface area contributed by atoms with E-state index in [1.165, 1.54) is 0 Å². The van der Waals surface area contributed by atoms with Crippen LogP contribution in [0, 0.1) is 0 Å². The minimum Gasteiger partial charge on any atom is -0.460 e. The van der Waals surface area contributed by atoms with Crippen molar-refractivity contribution in [1.82, 2.24) is 15.3 Å². The molecule has 0 unspecified atom stereocenters. The lowest BCUT2D eigenvalue weighted by molar-refractivity contribution is 0.490. The highest BCUT2D eigenvalue weighted by Crippen LogP contribution is 2.24. The zero-order chi connectivity index (χ0) is 17.8. The van der Waals surface area contributed by atoms with Crippen molar-refractivity contribution in [3.05, 3.63) is 77.3 Å². The zero-order valence-electron chi connectivity index (χ0n) is 14.3. The minimum atomic E-state index is 0.709. The van der Waals surface area contributed by atoms with Crippen LogP contribution < -0.4 is 5.32 Å². The first-order valence-electron chi connectivity index (χ1n) is 8.77. The van der Waals surface area contributed by atoms with Crippen molar-refractivity contribution >= 4 is 22.6 Å². The van der Waals surface area contributed by atoms with Gasteiger partial charge >= 0.3 is 0 Å². The number of aryl methyl sites for hydroxylation is 1. The monoisotopic (exact) mass is 365 g/mol. The lowest BCUT2D eigenvalue weighted by atomic mass is 10.2. The summed E-state index contributed by atoms with van der Waals surface area (Å²) in [6, 6.07) is 19.8. The molecule has 4 aromatic rings. The number of nitrogens with zero attached hydrogens (tertiary/aromatic N) is 1. The first-order valence-corrected chi connectivity index (χ1v) is 9.15. The molecule has 0 aliphatic rings. The fourth-order valence-electron chi connectivity index (χ4n) is 2.99. The molecule has 2 N–H and O–H groups in total. The number of rotatable bonds is 7. The van der Waals surface area contributed by atoms with Gasteiger partial charge in [0.25, 0.3) is 0 Å². The van der Waals surface area contributed by atoms with Crippen LogP contribution >= 0.6 is 11.6 Å². The van der Waals surface area contributed by atoms with Gasteiger partial charge in [-0.1, -0.05) is 35.9 Å². The summed E-state index contributed by atoms with van der Waals surface area (Å²) < 4.78 is 5.89. The molecule has 0 fully saturated rings. The van der Waals surface area contributed by atoms with Gasteiger partial charge in [-0.2, -0.15) is 0 Å². The number of fused-ring (bicyclic) bond motifs is 1. The molecular weight excluding hydrogens is 346 g/mol. The van der Waals surface area contributed by atoms with Gasteiger partial charge in [0.15, 0.2) is 0 Å². The van der Waals surface area contributed by atoms with Crippen molar-refractivity contribution in [2.45, 2.75) is 19.4 Å². The number of aromatic nitrogens is 2. The van der Waals surface area contributed by atoms with Gasteiger partial charge in [0.1, 0.15) is 17.3 Å². The quantitative estimate of drug-likeness (QED) is 0.442. The van der Waals surface area contributed by atoms with Gasteiger partial charge in [0.05, 0.1) is 17.6 Å². The van der Waals surface area contributed by atoms with Crippen molar-refractivity contribution in [3.8, 4) is 11.3 Å². The molecule has 0 bridgehead atoms. The van der Waals surface area contributed by atoms with Crippen LogP contribution in [0.3, 0.4) is 0 Å². The topological polar surface area (TPSA) is 53.9 Å². The second-order valence-corrected chi connectivity index (χ2v) is 6.69. The molecule has 2 aromatic heterocycles. The Bertz CT molecular complexity index is 972. The molecule has 5 heteroatoms. The molecule has 0 saturated heterocycles. The Balaban J connectivity index is 1.25. The molecular formula is C21H20ClN3O. The predicted octanol–water partition coefficient (Wildman–Crippen LogP) is 5.20. The lowest BCUT2D eigenvalue weighted by Crippen LogP contribution is -2.15. The van der Waals surface area contributed by atoms with Crippen LogP contribution in [-0.4, -0.2) is 16.5 Å². The van der Waals surface area contributed by atoms with E-state index < -0.39 is 0 Å². The van der Waals surface area contributed by atoms with Gasteiger partial charge in [0.2, 0.25) is 0 Å². The van der Waals surface area contributed by atoms with E-state index in [1.807, 2.05) is 54.6 Å². The number of H-pyrrole nitrogens is 1. The molecule has 0 saturated carbocycles. The summed E-state index contributed by atoms with van der Waals surface area (Å²) in [4.78, 5) is 7.96. The Labute approximate surface area is 157 Å². The number of para-hydroxylation sites is 2. The minimum absolute atomic E-state index is 0.709. The molecule has 0 aliphatic carbocycles. The smallest absolute Gasteiger partial charge is 0.134 e. The summed E-state index contributed by atoms with van der Waals surface area (Å²) >= 11 is 6.03. The van der Waals surface area contributed by atoms with E-state index in [2.05, 4.69) is 21.4 Å².